The molecule has 0 aromatic heterocycles. The van der Waals surface area contributed by atoms with Crippen LogP contribution in [0.2, 0.25) is 0 Å². The summed E-state index contributed by atoms with van der Waals surface area (Å²) < 4.78 is 0. The van der Waals surface area contributed by atoms with Crippen LogP contribution < -0.4 is 11.1 Å². The van der Waals surface area contributed by atoms with E-state index >= 15 is 0 Å². The van der Waals surface area contributed by atoms with E-state index in [0.717, 1.165) is 0 Å². The molecule has 0 bridgehead atoms. The molecule has 18 heavy (non-hydrogen) atoms. The van der Waals surface area contributed by atoms with Gasteiger partial charge in [0.25, 0.3) is 0 Å². The van der Waals surface area contributed by atoms with Crippen molar-refractivity contribution in [3.63, 3.8) is 0 Å². The standard InChI is InChI=1S/C13H14N4O/c1-8(9(2)16)13(18)17-12-4-3-10(6-14)11(5-12)7-15/h3-5,8-9H,16H2,1-2H3,(H,17,18). The molecule has 3 N–H and O–H groups in total. The van der Waals surface area contributed by atoms with Gasteiger partial charge >= 0.3 is 0 Å². The SMILES string of the molecule is CC(N)C(C)C(=O)Nc1ccc(C#N)c(C#N)c1. The molecule has 2 atom stereocenters. The van der Waals surface area contributed by atoms with Gasteiger partial charge in [-0.25, -0.2) is 0 Å². The number of carbonyl (C=O) groups excluding carboxylic acids is 1. The second-order valence-corrected chi connectivity index (χ2v) is 4.12. The van der Waals surface area contributed by atoms with E-state index in [1.165, 1.54) is 12.1 Å². The molecule has 1 aromatic rings. The Hall–Kier alpha value is -2.37. The highest BCUT2D eigenvalue weighted by molar-refractivity contribution is 5.93. The van der Waals surface area contributed by atoms with E-state index in [0.29, 0.717) is 5.69 Å². The molecule has 0 radical (unpaired) electrons. The van der Waals surface area contributed by atoms with Crippen molar-refractivity contribution >= 4 is 11.6 Å². The molecule has 0 aliphatic rings. The highest BCUT2D eigenvalue weighted by Gasteiger charge is 2.17. The maximum absolute atomic E-state index is 11.8. The Morgan fingerprint density at radius 2 is 1.89 bits per heavy atom. The average Bonchev–Trinajstić information content (AvgIpc) is 2.37. The van der Waals surface area contributed by atoms with Gasteiger partial charge in [-0.05, 0) is 25.1 Å². The van der Waals surface area contributed by atoms with E-state index in [1.807, 2.05) is 12.1 Å². The third-order valence-electron chi connectivity index (χ3n) is 2.73. The van der Waals surface area contributed by atoms with Crippen molar-refractivity contribution in [1.82, 2.24) is 0 Å². The predicted molar refractivity (Wildman–Crippen MR) is 67.3 cm³/mol. The Kier molecular flexibility index (Phi) is 4.42. The molecular weight excluding hydrogens is 228 g/mol. The van der Waals surface area contributed by atoms with Crippen LogP contribution in [0, 0.1) is 28.6 Å². The average molecular weight is 242 g/mol. The van der Waals surface area contributed by atoms with E-state index in [9.17, 15) is 4.79 Å². The monoisotopic (exact) mass is 242 g/mol. The molecule has 92 valence electrons. The number of hydrogen-bond donors (Lipinski definition) is 2. The quantitative estimate of drug-likeness (QED) is 0.834. The molecule has 2 unspecified atom stereocenters. The fourth-order valence-corrected chi connectivity index (χ4v) is 1.31. The van der Waals surface area contributed by atoms with E-state index in [2.05, 4.69) is 5.32 Å². The minimum absolute atomic E-state index is 0.210. The summed E-state index contributed by atoms with van der Waals surface area (Å²) in [6.07, 6.45) is 0. The number of rotatable bonds is 3. The van der Waals surface area contributed by atoms with Gasteiger partial charge in [0.2, 0.25) is 5.91 Å². The third-order valence-corrected chi connectivity index (χ3v) is 2.73. The maximum atomic E-state index is 11.8. The molecule has 0 spiro atoms. The van der Waals surface area contributed by atoms with E-state index in [1.54, 1.807) is 19.9 Å². The molecule has 0 saturated carbocycles. The zero-order valence-electron chi connectivity index (χ0n) is 10.3. The van der Waals surface area contributed by atoms with Crippen LogP contribution in [0.5, 0.6) is 0 Å². The van der Waals surface area contributed by atoms with Crippen LogP contribution in [0.25, 0.3) is 0 Å². The number of nitrogens with one attached hydrogen (secondary N) is 1. The van der Waals surface area contributed by atoms with Gasteiger partial charge in [0.1, 0.15) is 12.1 Å². The molecule has 0 heterocycles. The Labute approximate surface area is 106 Å². The van der Waals surface area contributed by atoms with Crippen molar-refractivity contribution in [2.75, 3.05) is 5.32 Å². The van der Waals surface area contributed by atoms with Gasteiger partial charge in [0.15, 0.2) is 0 Å². The number of nitrogens with two attached hydrogens (primary N) is 1. The van der Waals surface area contributed by atoms with Gasteiger partial charge in [-0.3, -0.25) is 4.79 Å². The first-order chi connectivity index (χ1) is 8.49. The summed E-state index contributed by atoms with van der Waals surface area (Å²) in [5.74, 6) is -0.537. The van der Waals surface area contributed by atoms with Crippen molar-refractivity contribution in [2.24, 2.45) is 11.7 Å². The second kappa shape index (κ2) is 5.81. The van der Waals surface area contributed by atoms with Gasteiger partial charge in [-0.2, -0.15) is 10.5 Å². The van der Waals surface area contributed by atoms with Gasteiger partial charge < -0.3 is 11.1 Å². The zero-order valence-corrected chi connectivity index (χ0v) is 10.3. The van der Waals surface area contributed by atoms with Crippen LogP contribution in [0.3, 0.4) is 0 Å². The number of nitriles is 2. The fourth-order valence-electron chi connectivity index (χ4n) is 1.31. The zero-order chi connectivity index (χ0) is 13.7. The summed E-state index contributed by atoms with van der Waals surface area (Å²) in [7, 11) is 0. The highest BCUT2D eigenvalue weighted by Crippen LogP contribution is 2.15. The third kappa shape index (κ3) is 3.07. The molecule has 5 heteroatoms. The minimum atomic E-state index is -0.328. The van der Waals surface area contributed by atoms with Crippen molar-refractivity contribution < 1.29 is 4.79 Å². The molecule has 5 nitrogen and oxygen atoms in total. The normalized spacial score (nSPS) is 12.9. The number of carbonyl (C=O) groups is 1. The van der Waals surface area contributed by atoms with Crippen LogP contribution in [-0.4, -0.2) is 11.9 Å². The van der Waals surface area contributed by atoms with Crippen LogP contribution in [0.15, 0.2) is 18.2 Å². The summed E-state index contributed by atoms with van der Waals surface area (Å²) in [4.78, 5) is 11.8. The molecule has 0 saturated heterocycles. The van der Waals surface area contributed by atoms with Crippen LogP contribution in [0.4, 0.5) is 5.69 Å². The summed E-state index contributed by atoms with van der Waals surface area (Å²) in [6.45, 7) is 3.48. The lowest BCUT2D eigenvalue weighted by Crippen LogP contribution is -2.34. The summed E-state index contributed by atoms with van der Waals surface area (Å²) in [6, 6.07) is 8.15. The van der Waals surface area contributed by atoms with Gasteiger partial charge in [-0.1, -0.05) is 6.92 Å². The predicted octanol–water partition coefficient (Wildman–Crippen LogP) is 1.35. The van der Waals surface area contributed by atoms with Crippen molar-refractivity contribution in [2.45, 2.75) is 19.9 Å². The smallest absolute Gasteiger partial charge is 0.228 e. The lowest BCUT2D eigenvalue weighted by molar-refractivity contribution is -0.119. The number of benzene rings is 1. The largest absolute Gasteiger partial charge is 0.327 e. The number of nitrogens with zero attached hydrogens (tertiary/aromatic N) is 2. The molecule has 1 rings (SSSR count). The molecule has 0 aliphatic carbocycles. The summed E-state index contributed by atoms with van der Waals surface area (Å²) >= 11 is 0. The van der Waals surface area contributed by atoms with Gasteiger partial charge in [0, 0.05) is 11.7 Å². The lowest BCUT2D eigenvalue weighted by Gasteiger charge is -2.15. The summed E-state index contributed by atoms with van der Waals surface area (Å²) in [5, 5.41) is 20.3. The number of hydrogen-bond acceptors (Lipinski definition) is 4. The minimum Gasteiger partial charge on any atom is -0.327 e. The van der Waals surface area contributed by atoms with E-state index in [4.69, 9.17) is 16.3 Å². The van der Waals surface area contributed by atoms with Crippen molar-refractivity contribution in [3.8, 4) is 12.1 Å². The molecule has 0 fully saturated rings. The topological polar surface area (TPSA) is 103 Å². The summed E-state index contributed by atoms with van der Waals surface area (Å²) in [5.41, 5.74) is 6.65. The van der Waals surface area contributed by atoms with Gasteiger partial charge in [-0.15, -0.1) is 0 Å². The first-order valence-electron chi connectivity index (χ1n) is 5.50. The van der Waals surface area contributed by atoms with Crippen LogP contribution in [-0.2, 0) is 4.79 Å². The molecule has 1 amide bonds. The number of anilines is 1. The first-order valence-corrected chi connectivity index (χ1v) is 5.50. The first kappa shape index (κ1) is 13.7. The maximum Gasteiger partial charge on any atom is 0.228 e. The van der Waals surface area contributed by atoms with E-state index in [-0.39, 0.29) is 29.0 Å². The number of amides is 1. The molecule has 0 aliphatic heterocycles. The molecule has 1 aromatic carbocycles. The van der Waals surface area contributed by atoms with Gasteiger partial charge in [0.05, 0.1) is 17.0 Å². The van der Waals surface area contributed by atoms with Crippen molar-refractivity contribution in [1.29, 1.82) is 10.5 Å². The van der Waals surface area contributed by atoms with Crippen LogP contribution >= 0.6 is 0 Å². The highest BCUT2D eigenvalue weighted by atomic mass is 16.1. The Balaban J connectivity index is 2.91. The van der Waals surface area contributed by atoms with Crippen molar-refractivity contribution in [3.05, 3.63) is 29.3 Å². The molecular formula is C13H14N4O. The van der Waals surface area contributed by atoms with E-state index < -0.39 is 0 Å². The lowest BCUT2D eigenvalue weighted by atomic mass is 10.0. The van der Waals surface area contributed by atoms with Crippen LogP contribution in [0.1, 0.15) is 25.0 Å². The second-order valence-electron chi connectivity index (χ2n) is 4.12. The fraction of sp³-hybridized carbons (Fsp3) is 0.308. The Morgan fingerprint density at radius 1 is 1.28 bits per heavy atom. The Bertz CT molecular complexity index is 537. The Morgan fingerprint density at radius 3 is 2.39 bits per heavy atom.